The lowest BCUT2D eigenvalue weighted by Crippen LogP contribution is -2.50. The van der Waals surface area contributed by atoms with E-state index >= 15 is 0 Å². The van der Waals surface area contributed by atoms with Crippen LogP contribution in [0.5, 0.6) is 0 Å². The quantitative estimate of drug-likeness (QED) is 0.787. The first-order valence-electron chi connectivity index (χ1n) is 7.82. The van der Waals surface area contributed by atoms with Crippen LogP contribution in [0, 0.1) is 5.41 Å². The number of nitrogens with one attached hydrogen (secondary N) is 1. The number of rotatable bonds is 6. The molecule has 0 saturated carbocycles. The lowest BCUT2D eigenvalue weighted by Gasteiger charge is -2.41. The van der Waals surface area contributed by atoms with E-state index in [0.29, 0.717) is 5.41 Å². The number of nitrogens with zero attached hydrogens (tertiary/aromatic N) is 1. The van der Waals surface area contributed by atoms with Crippen molar-refractivity contribution in [3.05, 3.63) is 0 Å². The van der Waals surface area contributed by atoms with E-state index in [1.165, 1.54) is 45.2 Å². The van der Waals surface area contributed by atoms with Crippen LogP contribution in [0.1, 0.15) is 46.0 Å². The monoisotopic (exact) mass is 254 g/mol. The van der Waals surface area contributed by atoms with Gasteiger partial charge < -0.3 is 10.1 Å². The Morgan fingerprint density at radius 3 is 2.89 bits per heavy atom. The molecule has 0 aromatic rings. The van der Waals surface area contributed by atoms with E-state index in [0.717, 1.165) is 32.3 Å². The molecule has 106 valence electrons. The van der Waals surface area contributed by atoms with E-state index in [4.69, 9.17) is 4.74 Å². The third kappa shape index (κ3) is 3.46. The van der Waals surface area contributed by atoms with Crippen LogP contribution in [-0.2, 0) is 4.74 Å². The van der Waals surface area contributed by atoms with Gasteiger partial charge in [-0.2, -0.15) is 0 Å². The Hall–Kier alpha value is -0.120. The van der Waals surface area contributed by atoms with E-state index in [2.05, 4.69) is 24.1 Å². The van der Waals surface area contributed by atoms with Gasteiger partial charge >= 0.3 is 0 Å². The maximum atomic E-state index is 5.80. The largest absolute Gasteiger partial charge is 0.381 e. The van der Waals surface area contributed by atoms with Gasteiger partial charge in [-0.3, -0.25) is 4.90 Å². The fourth-order valence-corrected chi connectivity index (χ4v) is 3.62. The van der Waals surface area contributed by atoms with E-state index in [1.54, 1.807) is 0 Å². The highest BCUT2D eigenvalue weighted by atomic mass is 16.5. The van der Waals surface area contributed by atoms with Crippen molar-refractivity contribution in [2.75, 3.05) is 39.4 Å². The average Bonchev–Trinajstić information content (AvgIpc) is 2.84. The predicted molar refractivity (Wildman–Crippen MR) is 75.9 cm³/mol. The van der Waals surface area contributed by atoms with Crippen LogP contribution in [0.2, 0.25) is 0 Å². The molecule has 3 nitrogen and oxygen atoms in total. The molecule has 1 N–H and O–H groups in total. The van der Waals surface area contributed by atoms with Gasteiger partial charge in [-0.15, -0.1) is 0 Å². The molecule has 3 heteroatoms. The summed E-state index contributed by atoms with van der Waals surface area (Å²) in [5.41, 5.74) is 0.367. The Balaban J connectivity index is 1.95. The predicted octanol–water partition coefficient (Wildman–Crippen LogP) is 2.27. The molecule has 2 aliphatic heterocycles. The highest BCUT2D eigenvalue weighted by molar-refractivity contribution is 4.90. The van der Waals surface area contributed by atoms with Crippen LogP contribution in [0.3, 0.4) is 0 Å². The summed E-state index contributed by atoms with van der Waals surface area (Å²) in [6.07, 6.45) is 6.65. The molecule has 0 bridgehead atoms. The van der Waals surface area contributed by atoms with Crippen LogP contribution in [0.25, 0.3) is 0 Å². The number of hydrogen-bond acceptors (Lipinski definition) is 3. The molecule has 2 rings (SSSR count). The van der Waals surface area contributed by atoms with E-state index < -0.39 is 0 Å². The van der Waals surface area contributed by atoms with Crippen LogP contribution in [-0.4, -0.2) is 50.3 Å². The normalized spacial score (nSPS) is 34.0. The summed E-state index contributed by atoms with van der Waals surface area (Å²) in [5, 5.41) is 3.56. The zero-order chi connectivity index (χ0) is 12.8. The van der Waals surface area contributed by atoms with Crippen molar-refractivity contribution in [1.82, 2.24) is 10.2 Å². The van der Waals surface area contributed by atoms with Gasteiger partial charge in [-0.25, -0.2) is 0 Å². The molecule has 2 fully saturated rings. The Morgan fingerprint density at radius 1 is 1.33 bits per heavy atom. The SMILES string of the molecule is CCNCC1(CN2CCCC2CC)CCCOC1. The van der Waals surface area contributed by atoms with Gasteiger partial charge in [0.2, 0.25) is 0 Å². The Kier molecular flexibility index (Phi) is 5.46. The summed E-state index contributed by atoms with van der Waals surface area (Å²) in [6, 6.07) is 0.824. The molecule has 2 unspecified atom stereocenters. The van der Waals surface area contributed by atoms with Crippen LogP contribution < -0.4 is 5.32 Å². The topological polar surface area (TPSA) is 24.5 Å². The Morgan fingerprint density at radius 2 is 2.22 bits per heavy atom. The zero-order valence-electron chi connectivity index (χ0n) is 12.2. The van der Waals surface area contributed by atoms with Gasteiger partial charge in [0.15, 0.2) is 0 Å². The van der Waals surface area contributed by atoms with Crippen molar-refractivity contribution < 1.29 is 4.74 Å². The molecule has 2 saturated heterocycles. The fraction of sp³-hybridized carbons (Fsp3) is 1.00. The molecule has 2 heterocycles. The lowest BCUT2D eigenvalue weighted by atomic mass is 9.81. The van der Waals surface area contributed by atoms with E-state index in [1.807, 2.05) is 0 Å². The third-order valence-corrected chi connectivity index (χ3v) is 4.66. The van der Waals surface area contributed by atoms with E-state index in [-0.39, 0.29) is 0 Å². The number of ether oxygens (including phenoxy) is 1. The first-order chi connectivity index (χ1) is 8.79. The summed E-state index contributed by atoms with van der Waals surface area (Å²) in [5.74, 6) is 0. The van der Waals surface area contributed by atoms with Crippen molar-refractivity contribution in [1.29, 1.82) is 0 Å². The molecule has 0 aromatic heterocycles. The highest BCUT2D eigenvalue weighted by Gasteiger charge is 2.37. The van der Waals surface area contributed by atoms with Gasteiger partial charge in [0.05, 0.1) is 6.61 Å². The molecule has 2 atom stereocenters. The van der Waals surface area contributed by atoms with Gasteiger partial charge in [0.25, 0.3) is 0 Å². The third-order valence-electron chi connectivity index (χ3n) is 4.66. The standard InChI is InChI=1S/C15H30N2O/c1-3-14-7-5-9-17(14)12-15(11-16-4-2)8-6-10-18-13-15/h14,16H,3-13H2,1-2H3. The van der Waals surface area contributed by atoms with Crippen molar-refractivity contribution in [3.63, 3.8) is 0 Å². The van der Waals surface area contributed by atoms with Crippen LogP contribution in [0.4, 0.5) is 0 Å². The van der Waals surface area contributed by atoms with Crippen molar-refractivity contribution in [3.8, 4) is 0 Å². The first-order valence-corrected chi connectivity index (χ1v) is 7.82. The van der Waals surface area contributed by atoms with E-state index in [9.17, 15) is 0 Å². The van der Waals surface area contributed by atoms with Crippen LogP contribution >= 0.6 is 0 Å². The molecule has 0 aromatic carbocycles. The molecule has 18 heavy (non-hydrogen) atoms. The summed E-state index contributed by atoms with van der Waals surface area (Å²) in [6.45, 7) is 11.2. The maximum absolute atomic E-state index is 5.80. The Labute approximate surface area is 112 Å². The minimum atomic E-state index is 0.367. The highest BCUT2D eigenvalue weighted by Crippen LogP contribution is 2.32. The molecule has 0 radical (unpaired) electrons. The second-order valence-corrected chi connectivity index (χ2v) is 6.11. The van der Waals surface area contributed by atoms with Gasteiger partial charge in [-0.1, -0.05) is 13.8 Å². The maximum Gasteiger partial charge on any atom is 0.0546 e. The lowest BCUT2D eigenvalue weighted by molar-refractivity contribution is -0.0280. The summed E-state index contributed by atoms with van der Waals surface area (Å²) in [7, 11) is 0. The average molecular weight is 254 g/mol. The molecule has 2 aliphatic rings. The van der Waals surface area contributed by atoms with Crippen molar-refractivity contribution in [2.24, 2.45) is 5.41 Å². The van der Waals surface area contributed by atoms with Crippen molar-refractivity contribution >= 4 is 0 Å². The number of likely N-dealkylation sites (tertiary alicyclic amines) is 1. The minimum absolute atomic E-state index is 0.367. The molecular weight excluding hydrogens is 224 g/mol. The smallest absolute Gasteiger partial charge is 0.0546 e. The number of hydrogen-bond donors (Lipinski definition) is 1. The molecule has 0 amide bonds. The minimum Gasteiger partial charge on any atom is -0.381 e. The second-order valence-electron chi connectivity index (χ2n) is 6.11. The molecule has 0 spiro atoms. The summed E-state index contributed by atoms with van der Waals surface area (Å²) in [4.78, 5) is 2.73. The second kappa shape index (κ2) is 6.88. The molecule has 0 aliphatic carbocycles. The summed E-state index contributed by atoms with van der Waals surface area (Å²) < 4.78 is 5.80. The van der Waals surface area contributed by atoms with Crippen LogP contribution in [0.15, 0.2) is 0 Å². The van der Waals surface area contributed by atoms with Gasteiger partial charge in [-0.05, 0) is 45.2 Å². The molecular formula is C15H30N2O. The fourth-order valence-electron chi connectivity index (χ4n) is 3.62. The first kappa shape index (κ1) is 14.3. The van der Waals surface area contributed by atoms with Gasteiger partial charge in [0.1, 0.15) is 0 Å². The Bertz CT molecular complexity index is 239. The zero-order valence-corrected chi connectivity index (χ0v) is 12.2. The van der Waals surface area contributed by atoms with Gasteiger partial charge in [0, 0.05) is 31.2 Å². The van der Waals surface area contributed by atoms with Crippen molar-refractivity contribution in [2.45, 2.75) is 52.0 Å². The summed E-state index contributed by atoms with van der Waals surface area (Å²) >= 11 is 0.